The molecule has 278 valence electrons. The van der Waals surface area contributed by atoms with Gasteiger partial charge < -0.3 is 20.1 Å². The van der Waals surface area contributed by atoms with Crippen LogP contribution in [0.25, 0.3) is 0 Å². The summed E-state index contributed by atoms with van der Waals surface area (Å²) in [6.45, 7) is 3.54. The van der Waals surface area contributed by atoms with Crippen LogP contribution in [-0.2, 0) is 32.7 Å². The van der Waals surface area contributed by atoms with Gasteiger partial charge in [0.1, 0.15) is 6.61 Å². The Bertz CT molecular complexity index is 934. The molecule has 0 amide bonds. The minimum Gasteiger partial charge on any atom is -0.462 e. The van der Waals surface area contributed by atoms with E-state index in [2.05, 4.69) is 62.5 Å². The number of carbonyl (C=O) groups excluding carboxylic acids is 2. The third-order valence-electron chi connectivity index (χ3n) is 7.48. The molecule has 0 heterocycles. The SMILES string of the molecule is CC/C=C\C/C=C\C/C=C\C/C=C\CCCCCCCCC(=O)OC(COC(=O)CCCCCCCCCC)COP(=O)(O)OCCN. The summed E-state index contributed by atoms with van der Waals surface area (Å²) in [5, 5.41) is 0. The van der Waals surface area contributed by atoms with Crippen molar-refractivity contribution in [2.75, 3.05) is 26.4 Å². The van der Waals surface area contributed by atoms with Crippen LogP contribution in [0.1, 0.15) is 149 Å². The fourth-order valence-corrected chi connectivity index (χ4v) is 5.51. The standard InChI is InChI=1S/C38H68NO8P/c1-3-5-7-9-11-13-14-15-16-17-18-19-20-21-22-23-25-27-29-31-38(41)47-36(35-46-48(42,43)45-33-32-39)34-44-37(40)30-28-26-24-12-10-8-6-4-2/h5,7,11,13,15-16,18-19,36H,3-4,6,8-10,12,14,17,20-35,39H2,1-2H3,(H,42,43)/b7-5-,13-11-,16-15-,19-18-. The number of carbonyl (C=O) groups is 2. The molecule has 0 fully saturated rings. The highest BCUT2D eigenvalue weighted by atomic mass is 31.2. The molecule has 0 rings (SSSR count). The second-order valence-electron chi connectivity index (χ2n) is 12.1. The Labute approximate surface area is 292 Å². The van der Waals surface area contributed by atoms with Crippen molar-refractivity contribution in [3.8, 4) is 0 Å². The average Bonchev–Trinajstić information content (AvgIpc) is 3.07. The monoisotopic (exact) mass is 697 g/mol. The molecular formula is C38H68NO8P. The summed E-state index contributed by atoms with van der Waals surface area (Å²) in [5.74, 6) is -0.853. The molecule has 10 heteroatoms. The van der Waals surface area contributed by atoms with Gasteiger partial charge in [0.05, 0.1) is 13.2 Å². The highest BCUT2D eigenvalue weighted by molar-refractivity contribution is 7.47. The van der Waals surface area contributed by atoms with Crippen molar-refractivity contribution in [1.82, 2.24) is 0 Å². The Morgan fingerprint density at radius 2 is 1.15 bits per heavy atom. The van der Waals surface area contributed by atoms with E-state index in [1.165, 1.54) is 32.1 Å². The second kappa shape index (κ2) is 34.8. The maximum absolute atomic E-state index is 12.5. The summed E-state index contributed by atoms with van der Waals surface area (Å²) in [6.07, 6.45) is 37.2. The lowest BCUT2D eigenvalue weighted by atomic mass is 10.1. The fraction of sp³-hybridized carbons (Fsp3) is 0.737. The van der Waals surface area contributed by atoms with Gasteiger partial charge in [-0.1, -0.05) is 133 Å². The van der Waals surface area contributed by atoms with Crippen molar-refractivity contribution in [1.29, 1.82) is 0 Å². The number of esters is 2. The van der Waals surface area contributed by atoms with Gasteiger partial charge in [0.15, 0.2) is 6.10 Å². The van der Waals surface area contributed by atoms with Crippen LogP contribution >= 0.6 is 7.82 Å². The van der Waals surface area contributed by atoms with Crippen molar-refractivity contribution >= 4 is 19.8 Å². The molecule has 2 unspecified atom stereocenters. The van der Waals surface area contributed by atoms with Crippen molar-refractivity contribution < 1.29 is 37.6 Å². The molecule has 0 aliphatic heterocycles. The van der Waals surface area contributed by atoms with Gasteiger partial charge >= 0.3 is 19.8 Å². The number of ether oxygens (including phenoxy) is 2. The Hall–Kier alpha value is -2.03. The number of phosphoric acid groups is 1. The second-order valence-corrected chi connectivity index (χ2v) is 13.5. The fourth-order valence-electron chi connectivity index (χ4n) is 4.74. The maximum Gasteiger partial charge on any atom is 0.472 e. The van der Waals surface area contributed by atoms with E-state index in [0.29, 0.717) is 6.42 Å². The van der Waals surface area contributed by atoms with Crippen LogP contribution in [-0.4, -0.2) is 49.3 Å². The topological polar surface area (TPSA) is 134 Å². The van der Waals surface area contributed by atoms with Gasteiger partial charge in [-0.2, -0.15) is 0 Å². The van der Waals surface area contributed by atoms with Gasteiger partial charge in [0.25, 0.3) is 0 Å². The van der Waals surface area contributed by atoms with E-state index in [-0.39, 0.29) is 32.6 Å². The third-order valence-corrected chi connectivity index (χ3v) is 8.46. The minimum atomic E-state index is -4.37. The van der Waals surface area contributed by atoms with Crippen molar-refractivity contribution in [3.05, 3.63) is 48.6 Å². The maximum atomic E-state index is 12.5. The number of allylic oxidation sites excluding steroid dienone is 8. The molecule has 0 aromatic carbocycles. The van der Waals surface area contributed by atoms with Crippen LogP contribution in [0.3, 0.4) is 0 Å². The minimum absolute atomic E-state index is 0.0496. The molecule has 3 N–H and O–H groups in total. The molecule has 0 aliphatic carbocycles. The number of hydrogen-bond donors (Lipinski definition) is 2. The van der Waals surface area contributed by atoms with Gasteiger partial charge in [-0.05, 0) is 51.4 Å². The molecule has 0 aromatic heterocycles. The first-order valence-corrected chi connectivity index (χ1v) is 20.1. The molecule has 0 radical (unpaired) electrons. The summed E-state index contributed by atoms with van der Waals surface area (Å²) in [7, 11) is -4.37. The molecule has 0 spiro atoms. The van der Waals surface area contributed by atoms with E-state index in [4.69, 9.17) is 24.3 Å². The first-order chi connectivity index (χ1) is 23.3. The van der Waals surface area contributed by atoms with E-state index < -0.39 is 32.5 Å². The first kappa shape index (κ1) is 46.0. The number of hydrogen-bond acceptors (Lipinski definition) is 8. The van der Waals surface area contributed by atoms with Crippen LogP contribution in [0.4, 0.5) is 0 Å². The van der Waals surface area contributed by atoms with Gasteiger partial charge in [-0.3, -0.25) is 18.6 Å². The molecule has 0 aromatic rings. The Kier molecular flexibility index (Phi) is 33.3. The zero-order valence-corrected chi connectivity index (χ0v) is 31.1. The third kappa shape index (κ3) is 33.9. The highest BCUT2D eigenvalue weighted by Crippen LogP contribution is 2.43. The molecule has 0 saturated heterocycles. The molecular weight excluding hydrogens is 629 g/mol. The predicted octanol–water partition coefficient (Wildman–Crippen LogP) is 9.99. The summed E-state index contributed by atoms with van der Waals surface area (Å²) < 4.78 is 32.5. The van der Waals surface area contributed by atoms with Crippen LogP contribution in [0.5, 0.6) is 0 Å². The van der Waals surface area contributed by atoms with E-state index >= 15 is 0 Å². The smallest absolute Gasteiger partial charge is 0.462 e. The number of nitrogens with two attached hydrogens (primary N) is 1. The number of phosphoric ester groups is 1. The van der Waals surface area contributed by atoms with Gasteiger partial charge in [-0.15, -0.1) is 0 Å². The lowest BCUT2D eigenvalue weighted by Gasteiger charge is -2.19. The normalized spacial score (nSPS) is 14.0. The molecule has 9 nitrogen and oxygen atoms in total. The zero-order valence-electron chi connectivity index (χ0n) is 30.2. The van der Waals surface area contributed by atoms with Gasteiger partial charge in [0, 0.05) is 19.4 Å². The lowest BCUT2D eigenvalue weighted by Crippen LogP contribution is -2.29. The summed E-state index contributed by atoms with van der Waals surface area (Å²) in [4.78, 5) is 34.6. The summed E-state index contributed by atoms with van der Waals surface area (Å²) in [5.41, 5.74) is 5.32. The zero-order chi connectivity index (χ0) is 35.4. The molecule has 2 atom stereocenters. The van der Waals surface area contributed by atoms with Crippen molar-refractivity contribution in [2.24, 2.45) is 5.73 Å². The van der Waals surface area contributed by atoms with Crippen molar-refractivity contribution in [2.45, 2.75) is 155 Å². The molecule has 0 aliphatic rings. The predicted molar refractivity (Wildman–Crippen MR) is 196 cm³/mol. The van der Waals surface area contributed by atoms with Crippen LogP contribution in [0.15, 0.2) is 48.6 Å². The van der Waals surface area contributed by atoms with Crippen molar-refractivity contribution in [3.63, 3.8) is 0 Å². The summed E-state index contributed by atoms with van der Waals surface area (Å²) >= 11 is 0. The van der Waals surface area contributed by atoms with E-state index in [1.54, 1.807) is 0 Å². The van der Waals surface area contributed by atoms with E-state index in [9.17, 15) is 19.0 Å². The lowest BCUT2D eigenvalue weighted by molar-refractivity contribution is -0.161. The first-order valence-electron chi connectivity index (χ1n) is 18.6. The van der Waals surface area contributed by atoms with Gasteiger partial charge in [-0.25, -0.2) is 4.57 Å². The van der Waals surface area contributed by atoms with E-state index in [0.717, 1.165) is 83.5 Å². The largest absolute Gasteiger partial charge is 0.472 e. The molecule has 0 bridgehead atoms. The van der Waals surface area contributed by atoms with Crippen LogP contribution in [0, 0.1) is 0 Å². The van der Waals surface area contributed by atoms with E-state index in [1.807, 2.05) is 0 Å². The molecule has 48 heavy (non-hydrogen) atoms. The van der Waals surface area contributed by atoms with Crippen LogP contribution < -0.4 is 5.73 Å². The Balaban J connectivity index is 4.21. The Morgan fingerprint density at radius 3 is 1.71 bits per heavy atom. The molecule has 0 saturated carbocycles. The quantitative estimate of drug-likeness (QED) is 0.0291. The number of rotatable bonds is 34. The Morgan fingerprint density at radius 1 is 0.646 bits per heavy atom. The summed E-state index contributed by atoms with van der Waals surface area (Å²) in [6, 6.07) is 0. The number of unbranched alkanes of at least 4 members (excludes halogenated alkanes) is 13. The van der Waals surface area contributed by atoms with Gasteiger partial charge in [0.2, 0.25) is 0 Å². The average molecular weight is 698 g/mol. The van der Waals surface area contributed by atoms with Crippen LogP contribution in [0.2, 0.25) is 0 Å². The highest BCUT2D eigenvalue weighted by Gasteiger charge is 2.25.